The molecule has 0 aromatic heterocycles. The van der Waals surface area contributed by atoms with E-state index < -0.39 is 0 Å². The second-order valence-electron chi connectivity index (χ2n) is 5.24. The quantitative estimate of drug-likeness (QED) is 0.828. The molecular formula is C16H23NO2. The van der Waals surface area contributed by atoms with Crippen LogP contribution in [0.3, 0.4) is 0 Å². The molecule has 0 saturated heterocycles. The predicted molar refractivity (Wildman–Crippen MR) is 76.1 cm³/mol. The summed E-state index contributed by atoms with van der Waals surface area (Å²) in [5.74, 6) is -0.185. The van der Waals surface area contributed by atoms with E-state index in [4.69, 9.17) is 4.74 Å². The van der Waals surface area contributed by atoms with Gasteiger partial charge < -0.3 is 4.74 Å². The molecular weight excluding hydrogens is 238 g/mol. The van der Waals surface area contributed by atoms with Crippen molar-refractivity contribution in [3.05, 3.63) is 34.9 Å². The molecule has 0 bridgehead atoms. The van der Waals surface area contributed by atoms with Gasteiger partial charge in [-0.25, -0.2) is 0 Å². The SMILES string of the molecule is CCOC(=O)C(C)NC(C)c1ccc2c(c1)CCC2. The molecule has 0 spiro atoms. The van der Waals surface area contributed by atoms with Gasteiger partial charge in [0.05, 0.1) is 6.61 Å². The molecule has 1 aromatic rings. The Bertz CT molecular complexity index is 456. The minimum Gasteiger partial charge on any atom is -0.465 e. The fourth-order valence-corrected chi connectivity index (χ4v) is 2.67. The molecule has 1 aliphatic carbocycles. The van der Waals surface area contributed by atoms with Gasteiger partial charge in [-0.3, -0.25) is 10.1 Å². The van der Waals surface area contributed by atoms with E-state index in [-0.39, 0.29) is 18.1 Å². The van der Waals surface area contributed by atoms with E-state index >= 15 is 0 Å². The highest BCUT2D eigenvalue weighted by molar-refractivity contribution is 5.75. The van der Waals surface area contributed by atoms with Crippen molar-refractivity contribution < 1.29 is 9.53 Å². The van der Waals surface area contributed by atoms with Gasteiger partial charge in [0.25, 0.3) is 0 Å². The minimum absolute atomic E-state index is 0.158. The Balaban J connectivity index is 2.00. The van der Waals surface area contributed by atoms with Crippen molar-refractivity contribution in [2.75, 3.05) is 6.61 Å². The van der Waals surface area contributed by atoms with Crippen molar-refractivity contribution in [3.63, 3.8) is 0 Å². The number of nitrogens with one attached hydrogen (secondary N) is 1. The summed E-state index contributed by atoms with van der Waals surface area (Å²) >= 11 is 0. The van der Waals surface area contributed by atoms with Crippen LogP contribution in [0.15, 0.2) is 18.2 Å². The van der Waals surface area contributed by atoms with Gasteiger partial charge in [-0.15, -0.1) is 0 Å². The van der Waals surface area contributed by atoms with Crippen LogP contribution in [0.1, 0.15) is 49.9 Å². The normalized spacial score (nSPS) is 16.8. The van der Waals surface area contributed by atoms with Crippen molar-refractivity contribution in [2.24, 2.45) is 0 Å². The topological polar surface area (TPSA) is 38.3 Å². The average molecular weight is 261 g/mol. The molecule has 0 aliphatic heterocycles. The number of hydrogen-bond acceptors (Lipinski definition) is 3. The lowest BCUT2D eigenvalue weighted by atomic mass is 10.0. The van der Waals surface area contributed by atoms with E-state index in [0.29, 0.717) is 6.61 Å². The summed E-state index contributed by atoms with van der Waals surface area (Å²) in [5, 5.41) is 3.30. The Labute approximate surface area is 115 Å². The molecule has 0 amide bonds. The average Bonchev–Trinajstić information content (AvgIpc) is 2.85. The smallest absolute Gasteiger partial charge is 0.322 e. The predicted octanol–water partition coefficient (Wildman–Crippen LogP) is 2.78. The van der Waals surface area contributed by atoms with E-state index in [0.717, 1.165) is 0 Å². The third-order valence-electron chi connectivity index (χ3n) is 3.76. The number of carbonyl (C=O) groups excluding carboxylic acids is 1. The van der Waals surface area contributed by atoms with Crippen molar-refractivity contribution in [2.45, 2.75) is 52.1 Å². The van der Waals surface area contributed by atoms with E-state index in [9.17, 15) is 4.79 Å². The van der Waals surface area contributed by atoms with Crippen LogP contribution in [0, 0.1) is 0 Å². The Hall–Kier alpha value is -1.35. The van der Waals surface area contributed by atoms with Crippen LogP contribution in [-0.2, 0) is 22.4 Å². The number of hydrogen-bond donors (Lipinski definition) is 1. The maximum Gasteiger partial charge on any atom is 0.322 e. The molecule has 1 aliphatic rings. The van der Waals surface area contributed by atoms with Crippen LogP contribution in [0.25, 0.3) is 0 Å². The summed E-state index contributed by atoms with van der Waals surface area (Å²) in [7, 11) is 0. The Morgan fingerprint density at radius 2 is 2.05 bits per heavy atom. The molecule has 1 aromatic carbocycles. The fraction of sp³-hybridized carbons (Fsp3) is 0.562. The first-order valence-electron chi connectivity index (χ1n) is 7.16. The molecule has 0 radical (unpaired) electrons. The highest BCUT2D eigenvalue weighted by Crippen LogP contribution is 2.25. The summed E-state index contributed by atoms with van der Waals surface area (Å²) in [5.41, 5.74) is 4.20. The van der Waals surface area contributed by atoms with Crippen molar-refractivity contribution >= 4 is 5.97 Å². The lowest BCUT2D eigenvalue weighted by molar-refractivity contribution is -0.145. The first-order chi connectivity index (χ1) is 9.11. The zero-order chi connectivity index (χ0) is 13.8. The van der Waals surface area contributed by atoms with E-state index in [1.54, 1.807) is 0 Å². The number of rotatable bonds is 5. The summed E-state index contributed by atoms with van der Waals surface area (Å²) in [6.07, 6.45) is 3.65. The van der Waals surface area contributed by atoms with Crippen LogP contribution in [0.5, 0.6) is 0 Å². The number of benzene rings is 1. The maximum atomic E-state index is 11.6. The summed E-state index contributed by atoms with van der Waals surface area (Å²) in [4.78, 5) is 11.6. The van der Waals surface area contributed by atoms with E-state index in [1.807, 2.05) is 13.8 Å². The second kappa shape index (κ2) is 6.20. The molecule has 104 valence electrons. The Morgan fingerprint density at radius 1 is 1.32 bits per heavy atom. The number of aryl methyl sites for hydroxylation is 2. The van der Waals surface area contributed by atoms with E-state index in [1.165, 1.54) is 36.0 Å². The fourth-order valence-electron chi connectivity index (χ4n) is 2.67. The third-order valence-corrected chi connectivity index (χ3v) is 3.76. The van der Waals surface area contributed by atoms with Crippen LogP contribution in [-0.4, -0.2) is 18.6 Å². The lowest BCUT2D eigenvalue weighted by Crippen LogP contribution is -2.37. The van der Waals surface area contributed by atoms with Crippen molar-refractivity contribution in [1.82, 2.24) is 5.32 Å². The largest absolute Gasteiger partial charge is 0.465 e. The number of fused-ring (bicyclic) bond motifs is 1. The van der Waals surface area contributed by atoms with Gasteiger partial charge in [0, 0.05) is 6.04 Å². The number of ether oxygens (including phenoxy) is 1. The van der Waals surface area contributed by atoms with Gasteiger partial charge in [0.1, 0.15) is 6.04 Å². The van der Waals surface area contributed by atoms with Crippen molar-refractivity contribution in [3.8, 4) is 0 Å². The van der Waals surface area contributed by atoms with Crippen LogP contribution >= 0.6 is 0 Å². The molecule has 19 heavy (non-hydrogen) atoms. The standard InChI is InChI=1S/C16H23NO2/c1-4-19-16(18)12(3)17-11(2)14-9-8-13-6-5-7-15(13)10-14/h8-12,17H,4-7H2,1-3H3. The van der Waals surface area contributed by atoms with Gasteiger partial charge in [0.2, 0.25) is 0 Å². The lowest BCUT2D eigenvalue weighted by Gasteiger charge is -2.19. The van der Waals surface area contributed by atoms with Gasteiger partial charge in [-0.05, 0) is 56.7 Å². The van der Waals surface area contributed by atoms with Crippen LogP contribution < -0.4 is 5.32 Å². The Kier molecular flexibility index (Phi) is 4.59. The summed E-state index contributed by atoms with van der Waals surface area (Å²) < 4.78 is 5.01. The van der Waals surface area contributed by atoms with Crippen LogP contribution in [0.4, 0.5) is 0 Å². The van der Waals surface area contributed by atoms with Crippen LogP contribution in [0.2, 0.25) is 0 Å². The highest BCUT2D eigenvalue weighted by Gasteiger charge is 2.18. The molecule has 2 rings (SSSR count). The number of esters is 1. The first-order valence-corrected chi connectivity index (χ1v) is 7.16. The monoisotopic (exact) mass is 261 g/mol. The molecule has 3 nitrogen and oxygen atoms in total. The minimum atomic E-state index is -0.275. The summed E-state index contributed by atoms with van der Waals surface area (Å²) in [6.45, 7) is 6.20. The molecule has 1 N–H and O–H groups in total. The van der Waals surface area contributed by atoms with Gasteiger partial charge >= 0.3 is 5.97 Å². The van der Waals surface area contributed by atoms with Gasteiger partial charge in [0.15, 0.2) is 0 Å². The molecule has 2 unspecified atom stereocenters. The first kappa shape index (κ1) is 14.1. The van der Waals surface area contributed by atoms with Crippen molar-refractivity contribution in [1.29, 1.82) is 0 Å². The molecule has 2 atom stereocenters. The van der Waals surface area contributed by atoms with E-state index in [2.05, 4.69) is 30.4 Å². The summed E-state index contributed by atoms with van der Waals surface area (Å²) in [6, 6.07) is 6.55. The molecule has 0 saturated carbocycles. The third kappa shape index (κ3) is 3.35. The zero-order valence-corrected chi connectivity index (χ0v) is 12.0. The maximum absolute atomic E-state index is 11.6. The zero-order valence-electron chi connectivity index (χ0n) is 12.0. The van der Waals surface area contributed by atoms with Gasteiger partial charge in [-0.2, -0.15) is 0 Å². The molecule has 3 heteroatoms. The molecule has 0 heterocycles. The molecule has 0 fully saturated rings. The van der Waals surface area contributed by atoms with Gasteiger partial charge in [-0.1, -0.05) is 18.2 Å². The second-order valence-corrected chi connectivity index (χ2v) is 5.24. The highest BCUT2D eigenvalue weighted by atomic mass is 16.5. The number of carbonyl (C=O) groups is 1. The Morgan fingerprint density at radius 3 is 2.79 bits per heavy atom.